The maximum atomic E-state index is 5.98. The lowest BCUT2D eigenvalue weighted by Crippen LogP contribution is -1.83. The molecule has 0 aliphatic carbocycles. The quantitative estimate of drug-likeness (QED) is 0.630. The molecule has 92 valence electrons. The molecule has 0 saturated carbocycles. The summed E-state index contributed by atoms with van der Waals surface area (Å²) in [5.41, 5.74) is 4.38. The Morgan fingerprint density at radius 1 is 0.684 bits per heavy atom. The molecule has 1 aromatic heterocycles. The third kappa shape index (κ3) is 2.67. The lowest BCUT2D eigenvalue weighted by Gasteiger charge is -2.04. The van der Waals surface area contributed by atoms with Crippen LogP contribution in [-0.2, 0) is 0 Å². The van der Waals surface area contributed by atoms with Gasteiger partial charge in [-0.1, -0.05) is 66.2 Å². The zero-order chi connectivity index (χ0) is 13.1. The van der Waals surface area contributed by atoms with E-state index in [1.165, 1.54) is 11.1 Å². The van der Waals surface area contributed by atoms with Crippen molar-refractivity contribution in [3.05, 3.63) is 77.9 Å². The Hall–Kier alpha value is -2.12. The van der Waals surface area contributed by atoms with E-state index in [9.17, 15) is 0 Å². The Morgan fingerprint density at radius 2 is 1.32 bits per heavy atom. The molecule has 0 unspecified atom stereocenters. The first-order chi connectivity index (χ1) is 9.33. The average molecular weight is 266 g/mol. The standard InChI is InChI=1S/C17H12ClN/c18-16-10-11-19-17(12-16)15-8-6-14(7-9-15)13-4-2-1-3-5-13/h1-12H. The van der Waals surface area contributed by atoms with Gasteiger partial charge < -0.3 is 0 Å². The molecule has 0 aliphatic heterocycles. The van der Waals surface area contributed by atoms with Gasteiger partial charge in [0.25, 0.3) is 0 Å². The number of hydrogen-bond donors (Lipinski definition) is 0. The molecular formula is C17H12ClN. The average Bonchev–Trinajstić information content (AvgIpc) is 2.48. The summed E-state index contributed by atoms with van der Waals surface area (Å²) in [7, 11) is 0. The van der Waals surface area contributed by atoms with Crippen LogP contribution in [0.25, 0.3) is 22.4 Å². The highest BCUT2D eigenvalue weighted by Gasteiger charge is 2.01. The lowest BCUT2D eigenvalue weighted by molar-refractivity contribution is 1.33. The molecule has 0 N–H and O–H groups in total. The van der Waals surface area contributed by atoms with Gasteiger partial charge >= 0.3 is 0 Å². The molecular weight excluding hydrogens is 254 g/mol. The van der Waals surface area contributed by atoms with E-state index in [0.29, 0.717) is 5.02 Å². The largest absolute Gasteiger partial charge is 0.256 e. The van der Waals surface area contributed by atoms with Gasteiger partial charge in [-0.15, -0.1) is 0 Å². The Kier molecular flexibility index (Phi) is 3.30. The number of benzene rings is 2. The minimum Gasteiger partial charge on any atom is -0.256 e. The van der Waals surface area contributed by atoms with Crippen LogP contribution in [-0.4, -0.2) is 4.98 Å². The van der Waals surface area contributed by atoms with Gasteiger partial charge in [-0.3, -0.25) is 4.98 Å². The van der Waals surface area contributed by atoms with Crippen LogP contribution >= 0.6 is 11.6 Å². The van der Waals surface area contributed by atoms with E-state index >= 15 is 0 Å². The van der Waals surface area contributed by atoms with Gasteiger partial charge in [0.05, 0.1) is 5.69 Å². The van der Waals surface area contributed by atoms with Gasteiger partial charge in [0.15, 0.2) is 0 Å². The second-order valence-corrected chi connectivity index (χ2v) is 4.74. The molecule has 3 rings (SSSR count). The zero-order valence-corrected chi connectivity index (χ0v) is 11.0. The molecule has 0 amide bonds. The number of halogens is 1. The fraction of sp³-hybridized carbons (Fsp3) is 0. The summed E-state index contributed by atoms with van der Waals surface area (Å²) in [4.78, 5) is 4.33. The second-order valence-electron chi connectivity index (χ2n) is 4.30. The van der Waals surface area contributed by atoms with Crippen molar-refractivity contribution in [2.45, 2.75) is 0 Å². The van der Waals surface area contributed by atoms with Crippen molar-refractivity contribution in [1.29, 1.82) is 0 Å². The zero-order valence-electron chi connectivity index (χ0n) is 10.3. The molecule has 0 saturated heterocycles. The normalized spacial score (nSPS) is 10.4. The first-order valence-electron chi connectivity index (χ1n) is 6.10. The monoisotopic (exact) mass is 265 g/mol. The third-order valence-electron chi connectivity index (χ3n) is 3.01. The van der Waals surface area contributed by atoms with Crippen molar-refractivity contribution < 1.29 is 0 Å². The summed E-state index contributed by atoms with van der Waals surface area (Å²) in [6, 6.07) is 22.3. The van der Waals surface area contributed by atoms with E-state index in [4.69, 9.17) is 11.6 Å². The summed E-state index contributed by atoms with van der Waals surface area (Å²) in [5, 5.41) is 0.706. The van der Waals surface area contributed by atoms with Crippen molar-refractivity contribution in [2.24, 2.45) is 0 Å². The minimum atomic E-state index is 0.706. The van der Waals surface area contributed by atoms with E-state index in [1.807, 2.05) is 24.3 Å². The molecule has 0 atom stereocenters. The van der Waals surface area contributed by atoms with Gasteiger partial charge in [-0.2, -0.15) is 0 Å². The van der Waals surface area contributed by atoms with E-state index < -0.39 is 0 Å². The number of nitrogens with zero attached hydrogens (tertiary/aromatic N) is 1. The summed E-state index contributed by atoms with van der Waals surface area (Å²) in [6.07, 6.45) is 1.72. The molecule has 0 radical (unpaired) electrons. The lowest BCUT2D eigenvalue weighted by atomic mass is 10.0. The van der Waals surface area contributed by atoms with Gasteiger partial charge in [-0.25, -0.2) is 0 Å². The smallest absolute Gasteiger partial charge is 0.0716 e. The third-order valence-corrected chi connectivity index (χ3v) is 3.24. The van der Waals surface area contributed by atoms with E-state index in [0.717, 1.165) is 11.3 Å². The number of pyridine rings is 1. The van der Waals surface area contributed by atoms with Gasteiger partial charge in [0.1, 0.15) is 0 Å². The first kappa shape index (κ1) is 11.9. The molecule has 2 heteroatoms. The molecule has 2 aromatic carbocycles. The van der Waals surface area contributed by atoms with E-state index in [2.05, 4.69) is 41.4 Å². The van der Waals surface area contributed by atoms with E-state index in [1.54, 1.807) is 12.3 Å². The van der Waals surface area contributed by atoms with Crippen molar-refractivity contribution in [1.82, 2.24) is 4.98 Å². The summed E-state index contributed by atoms with van der Waals surface area (Å²) >= 11 is 5.98. The molecule has 0 spiro atoms. The van der Waals surface area contributed by atoms with Crippen LogP contribution in [0, 0.1) is 0 Å². The van der Waals surface area contributed by atoms with Crippen LogP contribution in [0.5, 0.6) is 0 Å². The van der Waals surface area contributed by atoms with Gasteiger partial charge in [0.2, 0.25) is 0 Å². The molecule has 3 aromatic rings. The van der Waals surface area contributed by atoms with Crippen LogP contribution in [0.3, 0.4) is 0 Å². The maximum absolute atomic E-state index is 5.98. The first-order valence-corrected chi connectivity index (χ1v) is 6.48. The van der Waals surface area contributed by atoms with Crippen molar-refractivity contribution in [3.8, 4) is 22.4 Å². The van der Waals surface area contributed by atoms with Gasteiger partial charge in [-0.05, 0) is 23.3 Å². The number of aromatic nitrogens is 1. The Morgan fingerprint density at radius 3 is 2.00 bits per heavy atom. The second kappa shape index (κ2) is 5.25. The Balaban J connectivity index is 1.95. The van der Waals surface area contributed by atoms with Crippen LogP contribution in [0.1, 0.15) is 0 Å². The Bertz CT molecular complexity index is 675. The molecule has 19 heavy (non-hydrogen) atoms. The fourth-order valence-electron chi connectivity index (χ4n) is 2.03. The molecule has 1 heterocycles. The highest BCUT2D eigenvalue weighted by molar-refractivity contribution is 6.30. The fourth-order valence-corrected chi connectivity index (χ4v) is 2.19. The number of hydrogen-bond acceptors (Lipinski definition) is 1. The van der Waals surface area contributed by atoms with Crippen LogP contribution < -0.4 is 0 Å². The van der Waals surface area contributed by atoms with Crippen molar-refractivity contribution in [2.75, 3.05) is 0 Å². The Labute approximate surface area is 117 Å². The van der Waals surface area contributed by atoms with Crippen LogP contribution in [0.2, 0.25) is 5.02 Å². The summed E-state index contributed by atoms with van der Waals surface area (Å²) in [6.45, 7) is 0. The van der Waals surface area contributed by atoms with Crippen LogP contribution in [0.15, 0.2) is 72.9 Å². The van der Waals surface area contributed by atoms with Crippen molar-refractivity contribution >= 4 is 11.6 Å². The van der Waals surface area contributed by atoms with Gasteiger partial charge in [0, 0.05) is 16.8 Å². The highest BCUT2D eigenvalue weighted by atomic mass is 35.5. The topological polar surface area (TPSA) is 12.9 Å². The molecule has 0 aliphatic rings. The minimum absolute atomic E-state index is 0.706. The number of rotatable bonds is 2. The van der Waals surface area contributed by atoms with E-state index in [-0.39, 0.29) is 0 Å². The maximum Gasteiger partial charge on any atom is 0.0716 e. The molecule has 1 nitrogen and oxygen atoms in total. The summed E-state index contributed by atoms with van der Waals surface area (Å²) in [5.74, 6) is 0. The highest BCUT2D eigenvalue weighted by Crippen LogP contribution is 2.24. The predicted octanol–water partition coefficient (Wildman–Crippen LogP) is 5.07. The van der Waals surface area contributed by atoms with Crippen LogP contribution in [0.4, 0.5) is 0 Å². The molecule has 0 fully saturated rings. The van der Waals surface area contributed by atoms with Crippen molar-refractivity contribution in [3.63, 3.8) is 0 Å². The molecule has 0 bridgehead atoms. The SMILES string of the molecule is Clc1ccnc(-c2ccc(-c3ccccc3)cc2)c1. The summed E-state index contributed by atoms with van der Waals surface area (Å²) < 4.78 is 0. The predicted molar refractivity (Wildman–Crippen MR) is 80.1 cm³/mol.